The number of pyridine rings is 1. The lowest BCUT2D eigenvalue weighted by molar-refractivity contribution is -0.141. The average Bonchev–Trinajstić information content (AvgIpc) is 3.19. The van der Waals surface area contributed by atoms with Crippen molar-refractivity contribution in [3.8, 4) is 11.1 Å². The smallest absolute Gasteiger partial charge is 0.371 e. The zero-order valence-corrected chi connectivity index (χ0v) is 14.7. The van der Waals surface area contributed by atoms with Gasteiger partial charge in [-0.15, -0.1) is 0 Å². The molecule has 0 aliphatic carbocycles. The van der Waals surface area contributed by atoms with E-state index in [0.29, 0.717) is 11.5 Å². The third kappa shape index (κ3) is 3.82. The summed E-state index contributed by atoms with van der Waals surface area (Å²) >= 11 is 0. The number of halogens is 3. The van der Waals surface area contributed by atoms with Gasteiger partial charge >= 0.3 is 6.18 Å². The Labute approximate surface area is 156 Å². The van der Waals surface area contributed by atoms with Crippen molar-refractivity contribution in [2.45, 2.75) is 18.5 Å². The lowest BCUT2D eigenvalue weighted by Gasteiger charge is -2.19. The van der Waals surface area contributed by atoms with Crippen LogP contribution < -0.4 is 4.90 Å². The Balaban J connectivity index is 1.47. The van der Waals surface area contributed by atoms with E-state index < -0.39 is 11.9 Å². The van der Waals surface area contributed by atoms with Crippen LogP contribution in [0.5, 0.6) is 0 Å². The molecule has 4 rings (SSSR count). The van der Waals surface area contributed by atoms with E-state index in [1.807, 2.05) is 30.3 Å². The lowest BCUT2D eigenvalue weighted by Crippen LogP contribution is -2.18. The van der Waals surface area contributed by atoms with Crippen molar-refractivity contribution in [2.75, 3.05) is 18.0 Å². The molecular weight excluding hydrogens is 349 g/mol. The van der Waals surface area contributed by atoms with Crippen molar-refractivity contribution in [3.63, 3.8) is 0 Å². The van der Waals surface area contributed by atoms with Crippen LogP contribution in [0.2, 0.25) is 0 Å². The van der Waals surface area contributed by atoms with Crippen molar-refractivity contribution < 1.29 is 13.2 Å². The largest absolute Gasteiger partial charge is 0.433 e. The van der Waals surface area contributed by atoms with Crippen LogP contribution in [0.25, 0.3) is 11.1 Å². The third-order valence-corrected chi connectivity index (χ3v) is 5.08. The molecule has 138 valence electrons. The van der Waals surface area contributed by atoms with E-state index >= 15 is 0 Å². The van der Waals surface area contributed by atoms with Crippen molar-refractivity contribution >= 4 is 5.69 Å². The fraction of sp³-hybridized carbons (Fsp3) is 0.227. The second kappa shape index (κ2) is 7.06. The molecule has 5 heteroatoms. The van der Waals surface area contributed by atoms with E-state index in [1.54, 1.807) is 0 Å². The molecule has 1 aliphatic heterocycles. The van der Waals surface area contributed by atoms with E-state index in [0.717, 1.165) is 36.8 Å². The van der Waals surface area contributed by atoms with Gasteiger partial charge in [0, 0.05) is 36.5 Å². The highest BCUT2D eigenvalue weighted by Crippen LogP contribution is 2.32. The Morgan fingerprint density at radius 3 is 2.19 bits per heavy atom. The van der Waals surface area contributed by atoms with Crippen molar-refractivity contribution in [3.05, 3.63) is 84.2 Å². The summed E-state index contributed by atoms with van der Waals surface area (Å²) in [5, 5.41) is 0. The summed E-state index contributed by atoms with van der Waals surface area (Å²) < 4.78 is 37.9. The molecule has 1 aromatic heterocycles. The molecule has 2 aromatic carbocycles. The molecule has 0 saturated carbocycles. The maximum Gasteiger partial charge on any atom is 0.433 e. The molecule has 0 radical (unpaired) electrons. The molecule has 1 aliphatic rings. The molecule has 0 unspecified atom stereocenters. The Morgan fingerprint density at radius 2 is 1.56 bits per heavy atom. The van der Waals surface area contributed by atoms with E-state index in [4.69, 9.17) is 0 Å². The van der Waals surface area contributed by atoms with E-state index in [1.165, 1.54) is 17.8 Å². The van der Waals surface area contributed by atoms with Gasteiger partial charge in [-0.05, 0) is 35.7 Å². The van der Waals surface area contributed by atoms with Gasteiger partial charge < -0.3 is 4.90 Å². The fourth-order valence-corrected chi connectivity index (χ4v) is 3.59. The zero-order valence-electron chi connectivity index (χ0n) is 14.7. The number of rotatable bonds is 3. The number of hydrogen-bond donors (Lipinski definition) is 0. The SMILES string of the molecule is FC(F)(F)c1ccc(-c2ccc(N3CC[C@H](c4ccccc4)C3)cc2)cn1. The number of nitrogens with zero attached hydrogens (tertiary/aromatic N) is 2. The highest BCUT2D eigenvalue weighted by atomic mass is 19.4. The van der Waals surface area contributed by atoms with E-state index in [-0.39, 0.29) is 0 Å². The maximum atomic E-state index is 12.6. The van der Waals surface area contributed by atoms with Gasteiger partial charge in [0.1, 0.15) is 5.69 Å². The molecule has 27 heavy (non-hydrogen) atoms. The average molecular weight is 368 g/mol. The first-order valence-electron chi connectivity index (χ1n) is 8.94. The van der Waals surface area contributed by atoms with Crippen molar-refractivity contribution in [1.29, 1.82) is 0 Å². The molecular formula is C22H19F3N2. The Bertz CT molecular complexity index is 888. The van der Waals surface area contributed by atoms with Crippen molar-refractivity contribution in [1.82, 2.24) is 4.98 Å². The number of hydrogen-bond acceptors (Lipinski definition) is 2. The second-order valence-corrected chi connectivity index (χ2v) is 6.82. The van der Waals surface area contributed by atoms with E-state index in [9.17, 15) is 13.2 Å². The molecule has 1 atom stereocenters. The normalized spacial score (nSPS) is 17.3. The summed E-state index contributed by atoms with van der Waals surface area (Å²) in [6, 6.07) is 21.0. The first-order valence-corrected chi connectivity index (χ1v) is 8.94. The molecule has 1 saturated heterocycles. The molecule has 0 N–H and O–H groups in total. The molecule has 0 bridgehead atoms. The molecule has 1 fully saturated rings. The van der Waals surface area contributed by atoms with Gasteiger partial charge in [-0.2, -0.15) is 13.2 Å². The summed E-state index contributed by atoms with van der Waals surface area (Å²) in [4.78, 5) is 5.89. The number of anilines is 1. The monoisotopic (exact) mass is 368 g/mol. The van der Waals surface area contributed by atoms with Crippen LogP contribution in [-0.2, 0) is 6.18 Å². The Hall–Kier alpha value is -2.82. The van der Waals surface area contributed by atoms with E-state index in [2.05, 4.69) is 34.1 Å². The lowest BCUT2D eigenvalue weighted by atomic mass is 9.99. The maximum absolute atomic E-state index is 12.6. The minimum atomic E-state index is -4.41. The van der Waals surface area contributed by atoms with Crippen LogP contribution in [-0.4, -0.2) is 18.1 Å². The van der Waals surface area contributed by atoms with Crippen molar-refractivity contribution in [2.24, 2.45) is 0 Å². The predicted octanol–water partition coefficient (Wildman–Crippen LogP) is 5.76. The number of aromatic nitrogens is 1. The van der Waals surface area contributed by atoms with Crippen LogP contribution in [0, 0.1) is 0 Å². The third-order valence-electron chi connectivity index (χ3n) is 5.08. The van der Waals surface area contributed by atoms with Gasteiger partial charge in [0.15, 0.2) is 0 Å². The topological polar surface area (TPSA) is 16.1 Å². The highest BCUT2D eigenvalue weighted by Gasteiger charge is 2.32. The molecule has 2 nitrogen and oxygen atoms in total. The first-order chi connectivity index (χ1) is 13.0. The van der Waals surface area contributed by atoms with Gasteiger partial charge in [-0.1, -0.05) is 48.5 Å². The van der Waals surface area contributed by atoms with Crippen LogP contribution in [0.15, 0.2) is 72.9 Å². The van der Waals surface area contributed by atoms with Crippen LogP contribution >= 0.6 is 0 Å². The van der Waals surface area contributed by atoms with Gasteiger partial charge in [0.05, 0.1) is 0 Å². The summed E-state index contributed by atoms with van der Waals surface area (Å²) in [7, 11) is 0. The first kappa shape index (κ1) is 17.6. The molecule has 3 aromatic rings. The summed E-state index contributed by atoms with van der Waals surface area (Å²) in [5.74, 6) is 0.532. The minimum Gasteiger partial charge on any atom is -0.371 e. The minimum absolute atomic E-state index is 0.532. The van der Waals surface area contributed by atoms with Gasteiger partial charge in [-0.3, -0.25) is 4.98 Å². The Morgan fingerprint density at radius 1 is 0.852 bits per heavy atom. The summed E-state index contributed by atoms with van der Waals surface area (Å²) in [5.41, 5.74) is 3.17. The predicted molar refractivity (Wildman–Crippen MR) is 101 cm³/mol. The van der Waals surface area contributed by atoms with Crippen LogP contribution in [0.1, 0.15) is 23.6 Å². The van der Waals surface area contributed by atoms with Gasteiger partial charge in [0.2, 0.25) is 0 Å². The quantitative estimate of drug-likeness (QED) is 0.584. The molecule has 2 heterocycles. The highest BCUT2D eigenvalue weighted by molar-refractivity contribution is 5.66. The Kier molecular flexibility index (Phi) is 4.60. The second-order valence-electron chi connectivity index (χ2n) is 6.82. The van der Waals surface area contributed by atoms with Gasteiger partial charge in [0.25, 0.3) is 0 Å². The standard InChI is InChI=1S/C22H19F3N2/c23-22(24,25)21-11-8-18(14-26-21)17-6-9-20(10-7-17)27-13-12-19(15-27)16-4-2-1-3-5-16/h1-11,14,19H,12-13,15H2/t19-/m0/s1. The van der Waals surface area contributed by atoms with Gasteiger partial charge in [-0.25, -0.2) is 0 Å². The molecule has 0 amide bonds. The number of benzene rings is 2. The van der Waals surface area contributed by atoms with Crippen LogP contribution in [0.4, 0.5) is 18.9 Å². The molecule has 0 spiro atoms. The summed E-state index contributed by atoms with van der Waals surface area (Å²) in [6.07, 6.45) is -2.01. The zero-order chi connectivity index (χ0) is 18.9. The summed E-state index contributed by atoms with van der Waals surface area (Å²) in [6.45, 7) is 1.98. The van der Waals surface area contributed by atoms with Crippen LogP contribution in [0.3, 0.4) is 0 Å². The number of alkyl halides is 3. The fourth-order valence-electron chi connectivity index (χ4n) is 3.59.